The first kappa shape index (κ1) is 96.7. The van der Waals surface area contributed by atoms with Crippen LogP contribution in [0.25, 0.3) is 56.2 Å². The minimum atomic E-state index is -3.37. The molecule has 0 unspecified atom stereocenters. The van der Waals surface area contributed by atoms with Gasteiger partial charge in [0.15, 0.2) is 69.0 Å². The Morgan fingerprint density at radius 3 is 1.03 bits per heavy atom. The smallest absolute Gasteiger partial charge is 0.236 e. The topological polar surface area (TPSA) is 340 Å². The number of hydrogen-bond acceptors (Lipinski definition) is 25. The summed E-state index contributed by atoms with van der Waals surface area (Å²) >= 11 is 18.3. The number of methoxy groups -OCH3 is 1. The van der Waals surface area contributed by atoms with Crippen molar-refractivity contribution < 1.29 is 95.4 Å². The lowest BCUT2D eigenvalue weighted by atomic mass is 9.88. The fourth-order valence-corrected chi connectivity index (χ4v) is 20.5. The van der Waals surface area contributed by atoms with Crippen molar-refractivity contribution in [1.29, 1.82) is 0 Å². The van der Waals surface area contributed by atoms with Gasteiger partial charge in [0.05, 0.1) is 63.2 Å². The number of benzene rings is 10. The minimum Gasteiger partial charge on any atom is -0.497 e. The maximum atomic E-state index is 13.3. The molecule has 5 aromatic heterocycles. The summed E-state index contributed by atoms with van der Waals surface area (Å²) in [4.78, 5) is 88.9. The van der Waals surface area contributed by atoms with Crippen molar-refractivity contribution in [2.75, 3.05) is 69.5 Å². The molecule has 5 aliphatic carbocycles. The van der Waals surface area contributed by atoms with Gasteiger partial charge in [0.25, 0.3) is 0 Å². The Morgan fingerprint density at radius 1 is 0.311 bits per heavy atom. The van der Waals surface area contributed by atoms with E-state index in [9.17, 15) is 32.4 Å². The van der Waals surface area contributed by atoms with Crippen LogP contribution in [0, 0.1) is 0 Å². The first-order chi connectivity index (χ1) is 71.9. The Bertz CT molecular complexity index is 7880. The van der Waals surface area contributed by atoms with Crippen molar-refractivity contribution in [1.82, 2.24) is 24.9 Å². The molecule has 0 atom stereocenters. The number of anilines is 3. The average Bonchev–Trinajstić information content (AvgIpc) is 1.61. The van der Waals surface area contributed by atoms with E-state index >= 15 is 0 Å². The molecule has 6 aliphatic heterocycles. The van der Waals surface area contributed by atoms with Crippen molar-refractivity contribution in [3.63, 3.8) is 0 Å². The highest BCUT2D eigenvalue weighted by atomic mass is 35.5. The molecular formula is C116H97Cl3N8O20S. The third-order valence-corrected chi connectivity index (χ3v) is 29.4. The fourth-order valence-electron chi connectivity index (χ4n) is 19.2. The second-order valence-corrected chi connectivity index (χ2v) is 40.8. The molecule has 28 nitrogen and oxygen atoms in total. The third kappa shape index (κ3) is 20.8. The number of rotatable bonds is 26. The van der Waals surface area contributed by atoms with Gasteiger partial charge in [-0.1, -0.05) is 138 Å². The Balaban J connectivity index is 0.000000109. The summed E-state index contributed by atoms with van der Waals surface area (Å²) in [6.07, 6.45) is 12.0. The van der Waals surface area contributed by atoms with Crippen LogP contribution >= 0.6 is 34.8 Å². The van der Waals surface area contributed by atoms with Crippen LogP contribution in [0.1, 0.15) is 111 Å². The van der Waals surface area contributed by atoms with Crippen LogP contribution in [0.5, 0.6) is 74.7 Å². The summed E-state index contributed by atoms with van der Waals surface area (Å²) in [6, 6.07) is 88.4. The van der Waals surface area contributed by atoms with E-state index < -0.39 is 37.1 Å². The van der Waals surface area contributed by atoms with Gasteiger partial charge >= 0.3 is 0 Å². The molecule has 32 heteroatoms. The number of Topliss-reactive ketones (excluding diaryl/α,β-unsaturated/α-hetero) is 3. The molecule has 748 valence electrons. The zero-order chi connectivity index (χ0) is 101. The van der Waals surface area contributed by atoms with Gasteiger partial charge in [-0.05, 0) is 280 Å². The van der Waals surface area contributed by atoms with E-state index in [0.29, 0.717) is 91.1 Å². The number of nitrogens with zero attached hydrogens (tertiary/aromatic N) is 5. The number of halogens is 3. The fraction of sp³-hybridized carbons (Fsp3) is 0.224. The zero-order valence-electron chi connectivity index (χ0n) is 80.1. The molecule has 3 N–H and O–H groups in total. The van der Waals surface area contributed by atoms with Gasteiger partial charge in [0.1, 0.15) is 34.7 Å². The van der Waals surface area contributed by atoms with Crippen LogP contribution in [-0.4, -0.2) is 117 Å². The van der Waals surface area contributed by atoms with Crippen molar-refractivity contribution >= 4 is 91.3 Å². The lowest BCUT2D eigenvalue weighted by Gasteiger charge is -2.16. The molecule has 5 saturated carbocycles. The predicted molar refractivity (Wildman–Crippen MR) is 557 cm³/mol. The van der Waals surface area contributed by atoms with Crippen molar-refractivity contribution in [3.8, 4) is 131 Å². The highest BCUT2D eigenvalue weighted by Gasteiger charge is 2.56. The lowest BCUT2D eigenvalue weighted by molar-refractivity contribution is -0.121. The number of fused-ring (bicyclic) bond motifs is 6. The van der Waals surface area contributed by atoms with E-state index in [1.807, 2.05) is 237 Å². The van der Waals surface area contributed by atoms with E-state index in [0.717, 1.165) is 200 Å². The average molecular weight is 2060 g/mol. The molecule has 2 amide bonds. The molecule has 0 saturated heterocycles. The SMILES string of the molecule is COc1cccc(-c2cccc(CC(=O)C3(c4ccc5c(c4)OCO5)CC3)n2)c1.CS(=O)(=O)Nc1cccc(-c2cccc(CC(=O)C3(c4ccc5c(c4)OCO5)CC3)n2)c1.O=C(Cc1ccc(-c2ccc3c(c2)OCO3)cn1)C1(c2ccc3c(c2)OCO3)CC1.O=C(Nc1cccc(-c2cc(Cl)cc(Cl)c2)n1)C1(c2ccc3c(c2)OCO3)CC1.O=C(Nc1cccc(-c2cccc(Cl)c2)n1)C1(c2ccc3c(c2)OCO3)CC1.[HH]. The summed E-state index contributed by atoms with van der Waals surface area (Å²) in [5, 5.41) is 7.65. The zero-order valence-corrected chi connectivity index (χ0v) is 83.2. The Morgan fingerprint density at radius 2 is 0.642 bits per heavy atom. The highest BCUT2D eigenvalue weighted by molar-refractivity contribution is 7.92. The monoisotopic (exact) mass is 2060 g/mol. The van der Waals surface area contributed by atoms with E-state index in [1.165, 1.54) is 0 Å². The Hall–Kier alpha value is -16.1. The second kappa shape index (κ2) is 40.4. The predicted octanol–water partition coefficient (Wildman–Crippen LogP) is 22.6. The number of nitrogens with one attached hydrogen (secondary N) is 3. The third-order valence-electron chi connectivity index (χ3n) is 28.1. The first-order valence-electron chi connectivity index (χ1n) is 48.3. The standard InChI is InChI=1S/C24H22N2O5S.C24H19NO5.C24H21NO4.C22H16Cl2N2O3.C22H17ClN2O3.H2/c1-32(28,29)26-19-6-2-4-16(12-19)20-7-3-5-18(25-20)14-23(27)24(10-11-24)17-8-9-21-22(13-17)31-15-30-21;26-23(24(7-8-24)17-3-6-20-22(10-17)30-14-28-20)11-18-4-1-16(12-25-18)15-2-5-19-21(9-15)29-13-27-19;1-27-19-6-2-4-16(12-19)20-7-3-5-18(25-20)14-23(26)24(10-11-24)17-8-9-21-22(13-17)29-15-28-21;23-15-8-13(9-16(24)11-15)17-2-1-3-20(25-17)26-21(27)22(6-7-22)14-4-5-18-19(10-14)29-12-28-18;23-16-4-1-3-14(11-16)17-5-2-6-20(24-17)25-21(26)22(9-10-22)15-7-8-18-19(12-15)28-13-27-18;/h2-9,12-13,26H,10-11,14-15H2,1H3;1-6,9-10,12H,7-8,11,13-14H2;2-9,12-13H,10-11,14-15H2,1H3;1-5,8-11H,6-7,12H2,(H,25,26,27);1-8,11-12H,9-10,13H2,(H,24,25,26);1H. The van der Waals surface area contributed by atoms with Crippen LogP contribution in [0.3, 0.4) is 0 Å². The summed E-state index contributed by atoms with van der Waals surface area (Å²) in [6.45, 7) is 1.36. The number of ketones is 3. The summed E-state index contributed by atoms with van der Waals surface area (Å²) in [5.41, 5.74) is 13.5. The van der Waals surface area contributed by atoms with Crippen LogP contribution in [0.2, 0.25) is 15.1 Å². The van der Waals surface area contributed by atoms with Crippen molar-refractivity contribution in [3.05, 3.63) is 351 Å². The van der Waals surface area contributed by atoms with E-state index in [-0.39, 0.29) is 77.8 Å². The summed E-state index contributed by atoms with van der Waals surface area (Å²) in [7, 11) is -1.73. The maximum absolute atomic E-state index is 13.3. The number of hydrogen-bond donors (Lipinski definition) is 3. The van der Waals surface area contributed by atoms with E-state index in [2.05, 4.69) is 35.3 Å². The number of aromatic nitrogens is 5. The van der Waals surface area contributed by atoms with Gasteiger partial charge < -0.3 is 72.2 Å². The molecule has 10 aromatic carbocycles. The van der Waals surface area contributed by atoms with Gasteiger partial charge in [-0.3, -0.25) is 43.6 Å². The normalized spacial score (nSPS) is 16.1. The number of amides is 2. The molecule has 11 aliphatic rings. The molecule has 11 heterocycles. The van der Waals surface area contributed by atoms with Crippen molar-refractivity contribution in [2.45, 2.75) is 111 Å². The quantitative estimate of drug-likeness (QED) is 0.0453. The van der Waals surface area contributed by atoms with Crippen LogP contribution in [0.15, 0.2) is 291 Å². The van der Waals surface area contributed by atoms with Crippen LogP contribution in [-0.2, 0) is 80.3 Å². The highest BCUT2D eigenvalue weighted by Crippen LogP contribution is 2.57. The molecule has 15 aromatic rings. The molecule has 0 radical (unpaired) electrons. The van der Waals surface area contributed by atoms with Crippen molar-refractivity contribution in [2.24, 2.45) is 0 Å². The number of sulfonamides is 1. The molecule has 0 bridgehead atoms. The number of pyridine rings is 5. The number of ether oxygens (including phenoxy) is 13. The van der Waals surface area contributed by atoms with Gasteiger partial charge in [0.2, 0.25) is 62.6 Å². The molecule has 0 spiro atoms. The van der Waals surface area contributed by atoms with E-state index in [1.54, 1.807) is 61.8 Å². The molecular weight excluding hydrogens is 1960 g/mol. The number of carbonyl (C=O) groups is 5. The van der Waals surface area contributed by atoms with Crippen LogP contribution in [0.4, 0.5) is 17.3 Å². The van der Waals surface area contributed by atoms with Gasteiger partial charge in [0, 0.05) is 92.5 Å². The summed E-state index contributed by atoms with van der Waals surface area (Å²) in [5.74, 6) is 10.8. The Kier molecular flexibility index (Phi) is 26.4. The number of carbonyl (C=O) groups excluding carboxylic acids is 5. The first-order valence-corrected chi connectivity index (χ1v) is 51.3. The molecule has 148 heavy (non-hydrogen) atoms. The summed E-state index contributed by atoms with van der Waals surface area (Å²) < 4.78 is 95.9. The largest absolute Gasteiger partial charge is 0.497 e. The minimum absolute atomic E-state index is 0. The molecule has 5 fully saturated rings. The Labute approximate surface area is 868 Å². The molecule has 26 rings (SSSR count). The lowest BCUT2D eigenvalue weighted by Crippen LogP contribution is -2.28. The van der Waals surface area contributed by atoms with Crippen LogP contribution < -0.4 is 76.9 Å². The van der Waals surface area contributed by atoms with Gasteiger partial charge in [-0.25, -0.2) is 18.4 Å². The second-order valence-electron chi connectivity index (χ2n) is 37.8. The van der Waals surface area contributed by atoms with Gasteiger partial charge in [-0.2, -0.15) is 0 Å². The van der Waals surface area contributed by atoms with E-state index in [4.69, 9.17) is 101 Å². The van der Waals surface area contributed by atoms with Gasteiger partial charge in [-0.15, -0.1) is 0 Å². The maximum Gasteiger partial charge on any atom is 0.236 e.